The number of non-ortho nitro benzene ring substituents is 1. The van der Waals surface area contributed by atoms with Crippen molar-refractivity contribution in [1.82, 2.24) is 10.2 Å². The van der Waals surface area contributed by atoms with Crippen molar-refractivity contribution in [3.05, 3.63) is 70.1 Å². The van der Waals surface area contributed by atoms with Crippen LogP contribution in [-0.2, 0) is 6.42 Å². The first-order valence-electron chi connectivity index (χ1n) is 8.09. The summed E-state index contributed by atoms with van der Waals surface area (Å²) in [4.78, 5) is 10.3. The molecule has 0 fully saturated rings. The van der Waals surface area contributed by atoms with E-state index in [0.717, 1.165) is 11.3 Å². The Morgan fingerprint density at radius 3 is 2.70 bits per heavy atom. The van der Waals surface area contributed by atoms with E-state index in [9.17, 15) is 10.1 Å². The molecule has 2 aromatic carbocycles. The summed E-state index contributed by atoms with van der Waals surface area (Å²) in [6.07, 6.45) is 0.543. The largest absolute Gasteiger partial charge is 0.497 e. The molecule has 0 unspecified atom stereocenters. The first-order chi connectivity index (χ1) is 13.1. The Bertz CT molecular complexity index is 898. The normalized spacial score (nSPS) is 10.6. The van der Waals surface area contributed by atoms with Crippen molar-refractivity contribution >= 4 is 17.4 Å². The number of ether oxygens (including phenoxy) is 2. The van der Waals surface area contributed by atoms with Crippen molar-refractivity contribution in [3.8, 4) is 11.5 Å². The Hall–Kier alpha value is -3.07. The van der Waals surface area contributed by atoms with Gasteiger partial charge in [0.25, 0.3) is 10.9 Å². The maximum absolute atomic E-state index is 10.7. The first-order valence-corrected chi connectivity index (χ1v) is 9.08. The third-order valence-corrected chi connectivity index (χ3v) is 4.35. The molecule has 3 rings (SSSR count). The summed E-state index contributed by atoms with van der Waals surface area (Å²) in [5.74, 6) is 2.36. The van der Waals surface area contributed by atoms with E-state index in [-0.39, 0.29) is 5.69 Å². The van der Waals surface area contributed by atoms with Crippen LogP contribution in [0.3, 0.4) is 0 Å². The van der Waals surface area contributed by atoms with E-state index in [1.807, 2.05) is 24.3 Å². The lowest BCUT2D eigenvalue weighted by atomic mass is 10.1. The van der Waals surface area contributed by atoms with E-state index < -0.39 is 4.92 Å². The summed E-state index contributed by atoms with van der Waals surface area (Å²) < 4.78 is 16.3. The number of hydrogen-bond donors (Lipinski definition) is 0. The molecule has 0 aliphatic rings. The SMILES string of the molecule is COc1ccc(Cc2nnc(SCCOc3cccc([N+](=O)[O-])c3)o2)cc1. The van der Waals surface area contributed by atoms with Gasteiger partial charge in [0, 0.05) is 11.8 Å². The second-order valence-corrected chi connectivity index (χ2v) is 6.48. The Kier molecular flexibility index (Phi) is 6.26. The zero-order valence-corrected chi connectivity index (χ0v) is 15.3. The van der Waals surface area contributed by atoms with Gasteiger partial charge in [-0.1, -0.05) is 30.0 Å². The minimum atomic E-state index is -0.454. The molecule has 8 nitrogen and oxygen atoms in total. The summed E-state index contributed by atoms with van der Waals surface area (Å²) in [6, 6.07) is 13.7. The van der Waals surface area contributed by atoms with Gasteiger partial charge in [-0.25, -0.2) is 0 Å². The monoisotopic (exact) mass is 387 g/mol. The average Bonchev–Trinajstić information content (AvgIpc) is 3.13. The van der Waals surface area contributed by atoms with Gasteiger partial charge in [0.15, 0.2) is 0 Å². The molecule has 0 bridgehead atoms. The molecule has 0 aliphatic carbocycles. The smallest absolute Gasteiger partial charge is 0.276 e. The number of rotatable bonds is 9. The number of hydrogen-bond acceptors (Lipinski definition) is 8. The van der Waals surface area contributed by atoms with Crippen molar-refractivity contribution < 1.29 is 18.8 Å². The Labute approximate surface area is 159 Å². The van der Waals surface area contributed by atoms with Crippen LogP contribution in [0.25, 0.3) is 0 Å². The predicted molar refractivity (Wildman–Crippen MR) is 99.4 cm³/mol. The molecule has 0 aliphatic heterocycles. The van der Waals surface area contributed by atoms with Crippen LogP contribution in [0.4, 0.5) is 5.69 Å². The van der Waals surface area contributed by atoms with E-state index in [0.29, 0.717) is 35.6 Å². The van der Waals surface area contributed by atoms with Crippen LogP contribution < -0.4 is 9.47 Å². The molecule has 1 aromatic heterocycles. The highest BCUT2D eigenvalue weighted by Gasteiger charge is 2.09. The Morgan fingerprint density at radius 1 is 1.15 bits per heavy atom. The van der Waals surface area contributed by atoms with Crippen LogP contribution in [-0.4, -0.2) is 34.6 Å². The highest BCUT2D eigenvalue weighted by molar-refractivity contribution is 7.99. The maximum atomic E-state index is 10.7. The summed E-state index contributed by atoms with van der Waals surface area (Å²) in [7, 11) is 1.62. The topological polar surface area (TPSA) is 101 Å². The van der Waals surface area contributed by atoms with Gasteiger partial charge in [-0.05, 0) is 23.8 Å². The van der Waals surface area contributed by atoms with Gasteiger partial charge < -0.3 is 13.9 Å². The standard InChI is InChI=1S/C18H17N3O5S/c1-24-15-7-5-13(6-8-15)11-17-19-20-18(26-17)27-10-9-25-16-4-2-3-14(12-16)21(22)23/h2-8,12H,9-11H2,1H3. The van der Waals surface area contributed by atoms with Crippen molar-refractivity contribution in [2.75, 3.05) is 19.5 Å². The zero-order valence-electron chi connectivity index (χ0n) is 14.5. The number of nitrogens with zero attached hydrogens (tertiary/aromatic N) is 3. The molecule has 9 heteroatoms. The summed E-state index contributed by atoms with van der Waals surface area (Å²) in [5.41, 5.74) is 1.05. The fourth-order valence-electron chi connectivity index (χ4n) is 2.26. The number of methoxy groups -OCH3 is 1. The fraction of sp³-hybridized carbons (Fsp3) is 0.222. The van der Waals surface area contributed by atoms with Gasteiger partial charge in [-0.3, -0.25) is 10.1 Å². The lowest BCUT2D eigenvalue weighted by Gasteiger charge is -2.04. The van der Waals surface area contributed by atoms with Crippen LogP contribution in [0, 0.1) is 10.1 Å². The summed E-state index contributed by atoms with van der Waals surface area (Å²) >= 11 is 1.37. The third-order valence-electron chi connectivity index (χ3n) is 3.57. The number of aromatic nitrogens is 2. The molecule has 0 atom stereocenters. The maximum Gasteiger partial charge on any atom is 0.276 e. The van der Waals surface area contributed by atoms with Gasteiger partial charge >= 0.3 is 0 Å². The third kappa shape index (κ3) is 5.45. The van der Waals surface area contributed by atoms with Crippen LogP contribution >= 0.6 is 11.8 Å². The average molecular weight is 387 g/mol. The predicted octanol–water partition coefficient (Wildman–Crippen LogP) is 3.75. The van der Waals surface area contributed by atoms with Crippen molar-refractivity contribution in [1.29, 1.82) is 0 Å². The van der Waals surface area contributed by atoms with Crippen molar-refractivity contribution in [2.45, 2.75) is 11.6 Å². The molecule has 3 aromatic rings. The van der Waals surface area contributed by atoms with Crippen LogP contribution in [0.1, 0.15) is 11.5 Å². The molecule has 140 valence electrons. The molecule has 0 saturated carbocycles. The van der Waals surface area contributed by atoms with E-state index in [4.69, 9.17) is 13.9 Å². The second kappa shape index (κ2) is 9.04. The summed E-state index contributed by atoms with van der Waals surface area (Å²) in [6.45, 7) is 0.363. The Balaban J connectivity index is 1.45. The van der Waals surface area contributed by atoms with E-state index in [1.54, 1.807) is 19.2 Å². The highest BCUT2D eigenvalue weighted by Crippen LogP contribution is 2.21. The van der Waals surface area contributed by atoms with Gasteiger partial charge in [0.1, 0.15) is 11.5 Å². The molecule has 1 heterocycles. The quantitative estimate of drug-likeness (QED) is 0.237. The van der Waals surface area contributed by atoms with Crippen molar-refractivity contribution in [2.24, 2.45) is 0 Å². The first kappa shape index (κ1) is 18.7. The van der Waals surface area contributed by atoms with Gasteiger partial charge in [-0.15, -0.1) is 10.2 Å². The number of nitro groups is 1. The summed E-state index contributed by atoms with van der Waals surface area (Å²) in [5, 5.41) is 19.2. The molecule has 0 radical (unpaired) electrons. The molecular weight excluding hydrogens is 370 g/mol. The second-order valence-electron chi connectivity index (χ2n) is 5.44. The molecule has 0 N–H and O–H groups in total. The molecule has 27 heavy (non-hydrogen) atoms. The lowest BCUT2D eigenvalue weighted by molar-refractivity contribution is -0.384. The van der Waals surface area contributed by atoms with Gasteiger partial charge in [0.05, 0.1) is 31.1 Å². The minimum Gasteiger partial charge on any atom is -0.497 e. The number of thioether (sulfide) groups is 1. The number of benzene rings is 2. The Morgan fingerprint density at radius 2 is 1.96 bits per heavy atom. The molecule has 0 saturated heterocycles. The fourth-order valence-corrected chi connectivity index (χ4v) is 2.86. The molecular formula is C18H17N3O5S. The van der Waals surface area contributed by atoms with Crippen LogP contribution in [0.5, 0.6) is 11.5 Å². The van der Waals surface area contributed by atoms with E-state index in [2.05, 4.69) is 10.2 Å². The lowest BCUT2D eigenvalue weighted by Crippen LogP contribution is -2.00. The zero-order chi connectivity index (χ0) is 19.1. The minimum absolute atomic E-state index is 0.000211. The molecule has 0 amide bonds. The van der Waals surface area contributed by atoms with Crippen molar-refractivity contribution in [3.63, 3.8) is 0 Å². The van der Waals surface area contributed by atoms with Gasteiger partial charge in [0.2, 0.25) is 5.89 Å². The van der Waals surface area contributed by atoms with Crippen LogP contribution in [0.15, 0.2) is 58.2 Å². The van der Waals surface area contributed by atoms with Gasteiger partial charge in [-0.2, -0.15) is 0 Å². The van der Waals surface area contributed by atoms with E-state index in [1.165, 1.54) is 23.9 Å². The van der Waals surface area contributed by atoms with E-state index >= 15 is 0 Å². The highest BCUT2D eigenvalue weighted by atomic mass is 32.2. The molecule has 0 spiro atoms. The number of nitro benzene ring substituents is 1. The van der Waals surface area contributed by atoms with Crippen LogP contribution in [0.2, 0.25) is 0 Å².